The molecule has 0 bridgehead atoms. The van der Waals surface area contributed by atoms with Crippen LogP contribution in [0.25, 0.3) is 0 Å². The number of piperazine rings is 1. The highest BCUT2D eigenvalue weighted by atomic mass is 16.5. The van der Waals surface area contributed by atoms with E-state index in [1.54, 1.807) is 38.4 Å². The fourth-order valence-electron chi connectivity index (χ4n) is 3.71. The molecule has 0 unspecified atom stereocenters. The number of amides is 1. The average molecular weight is 402 g/mol. The van der Waals surface area contributed by atoms with Crippen molar-refractivity contribution in [3.05, 3.63) is 48.0 Å². The van der Waals surface area contributed by atoms with Gasteiger partial charge >= 0.3 is 0 Å². The highest BCUT2D eigenvalue weighted by Gasteiger charge is 2.25. The Labute approximate surface area is 172 Å². The number of carbonyl (C=O) groups is 1. The molecule has 2 aromatic carbocycles. The molecule has 0 radical (unpaired) electrons. The van der Waals surface area contributed by atoms with Gasteiger partial charge in [-0.1, -0.05) is 12.1 Å². The molecule has 0 aromatic heterocycles. The molecule has 3 rings (SSSR count). The van der Waals surface area contributed by atoms with E-state index in [1.807, 2.05) is 18.2 Å². The number of anilines is 1. The van der Waals surface area contributed by atoms with E-state index in [9.17, 15) is 4.79 Å². The molecule has 7 heteroatoms. The lowest BCUT2D eigenvalue weighted by atomic mass is 10.2. The van der Waals surface area contributed by atoms with Crippen LogP contribution in [0.4, 0.5) is 5.69 Å². The maximum absolute atomic E-state index is 12.5. The molecule has 0 spiro atoms. The quantitative estimate of drug-likeness (QED) is 0.565. The molecule has 1 fully saturated rings. The van der Waals surface area contributed by atoms with E-state index in [2.05, 4.69) is 17.4 Å². The Balaban J connectivity index is 1.47. The molecular weight excluding hydrogens is 370 g/mol. The van der Waals surface area contributed by atoms with Gasteiger partial charge in [-0.3, -0.25) is 4.79 Å². The van der Waals surface area contributed by atoms with E-state index >= 15 is 0 Å². The Hall–Kier alpha value is -2.77. The van der Waals surface area contributed by atoms with E-state index in [0.717, 1.165) is 38.5 Å². The standard InChI is InChI=1S/C22H29N3O4/c1-27-18-6-4-5-17(13-18)15-24-9-11-25(12-10-24)16-22(26)23-20-8-7-19(28-2)14-21(20)29-3/h4-8,13-14H,9-12,15-16H2,1-3H3,(H,23,26)/p+2. The molecule has 1 amide bonds. The first-order valence-electron chi connectivity index (χ1n) is 9.93. The summed E-state index contributed by atoms with van der Waals surface area (Å²) in [6.07, 6.45) is 0. The van der Waals surface area contributed by atoms with E-state index in [0.29, 0.717) is 23.7 Å². The van der Waals surface area contributed by atoms with Crippen molar-refractivity contribution in [1.82, 2.24) is 0 Å². The van der Waals surface area contributed by atoms with Crippen molar-refractivity contribution in [3.8, 4) is 17.2 Å². The minimum Gasteiger partial charge on any atom is -0.497 e. The maximum Gasteiger partial charge on any atom is 0.279 e. The van der Waals surface area contributed by atoms with Gasteiger partial charge in [-0.25, -0.2) is 0 Å². The number of hydrogen-bond acceptors (Lipinski definition) is 4. The van der Waals surface area contributed by atoms with E-state index in [1.165, 1.54) is 10.5 Å². The highest BCUT2D eigenvalue weighted by molar-refractivity contribution is 5.93. The lowest BCUT2D eigenvalue weighted by Gasteiger charge is -2.29. The minimum atomic E-state index is -0.000266. The number of ether oxygens (including phenoxy) is 3. The summed E-state index contributed by atoms with van der Waals surface area (Å²) >= 11 is 0. The number of rotatable bonds is 8. The monoisotopic (exact) mass is 401 g/mol. The number of benzene rings is 2. The molecular formula is C22H31N3O4+2. The lowest BCUT2D eigenvalue weighted by molar-refractivity contribution is -1.02. The lowest BCUT2D eigenvalue weighted by Crippen LogP contribution is -3.28. The number of hydrogen-bond donors (Lipinski definition) is 3. The zero-order chi connectivity index (χ0) is 20.6. The molecule has 1 heterocycles. The molecule has 2 aromatic rings. The second kappa shape index (κ2) is 10.1. The van der Waals surface area contributed by atoms with Crippen LogP contribution in [0.5, 0.6) is 17.2 Å². The first-order valence-corrected chi connectivity index (χ1v) is 9.93. The Bertz CT molecular complexity index is 819. The third-order valence-corrected chi connectivity index (χ3v) is 5.35. The van der Waals surface area contributed by atoms with Crippen LogP contribution in [0.3, 0.4) is 0 Å². The SMILES string of the molecule is COc1cccc(C[NH+]2CC[NH+](CC(=O)Nc3ccc(OC)cc3OC)CC2)c1. The zero-order valence-corrected chi connectivity index (χ0v) is 17.4. The first-order chi connectivity index (χ1) is 14.1. The van der Waals surface area contributed by atoms with E-state index in [-0.39, 0.29) is 5.91 Å². The molecule has 1 saturated heterocycles. The number of carbonyl (C=O) groups excluding carboxylic acids is 1. The molecule has 29 heavy (non-hydrogen) atoms. The van der Waals surface area contributed by atoms with Gasteiger partial charge in [-0.05, 0) is 24.3 Å². The van der Waals surface area contributed by atoms with Crippen LogP contribution in [-0.2, 0) is 11.3 Å². The smallest absolute Gasteiger partial charge is 0.279 e. The van der Waals surface area contributed by atoms with Crippen molar-refractivity contribution in [2.75, 3.05) is 59.4 Å². The largest absolute Gasteiger partial charge is 0.497 e. The van der Waals surface area contributed by atoms with Gasteiger partial charge in [0.05, 0.1) is 27.0 Å². The van der Waals surface area contributed by atoms with Crippen molar-refractivity contribution in [1.29, 1.82) is 0 Å². The first kappa shape index (κ1) is 21.0. The Morgan fingerprint density at radius 1 is 0.897 bits per heavy atom. The van der Waals surface area contributed by atoms with Crippen molar-refractivity contribution in [3.63, 3.8) is 0 Å². The summed E-state index contributed by atoms with van der Waals surface area (Å²) in [5.74, 6) is 2.19. The molecule has 0 saturated carbocycles. The van der Waals surface area contributed by atoms with Crippen LogP contribution in [-0.4, -0.2) is 60.0 Å². The third-order valence-electron chi connectivity index (χ3n) is 5.35. The summed E-state index contributed by atoms with van der Waals surface area (Å²) in [5, 5.41) is 2.96. The van der Waals surface area contributed by atoms with Gasteiger partial charge in [-0.15, -0.1) is 0 Å². The predicted octanol–water partition coefficient (Wildman–Crippen LogP) is -0.365. The van der Waals surface area contributed by atoms with Gasteiger partial charge in [0.15, 0.2) is 6.54 Å². The number of nitrogens with one attached hydrogen (secondary N) is 3. The van der Waals surface area contributed by atoms with Gasteiger partial charge in [0.2, 0.25) is 0 Å². The van der Waals surface area contributed by atoms with Crippen LogP contribution in [0.2, 0.25) is 0 Å². The predicted molar refractivity (Wildman–Crippen MR) is 111 cm³/mol. The Morgan fingerprint density at radius 2 is 1.59 bits per heavy atom. The van der Waals surface area contributed by atoms with Crippen molar-refractivity contribution in [2.45, 2.75) is 6.54 Å². The molecule has 0 aliphatic carbocycles. The molecule has 1 aliphatic rings. The molecule has 156 valence electrons. The number of methoxy groups -OCH3 is 3. The summed E-state index contributed by atoms with van der Waals surface area (Å²) < 4.78 is 15.9. The van der Waals surface area contributed by atoms with Gasteiger partial charge in [-0.2, -0.15) is 0 Å². The van der Waals surface area contributed by atoms with Crippen LogP contribution in [0, 0.1) is 0 Å². The van der Waals surface area contributed by atoms with Crippen LogP contribution >= 0.6 is 0 Å². The second-order valence-corrected chi connectivity index (χ2v) is 7.32. The summed E-state index contributed by atoms with van der Waals surface area (Å²) in [6.45, 7) is 5.50. The molecule has 7 nitrogen and oxygen atoms in total. The molecule has 0 atom stereocenters. The molecule has 3 N–H and O–H groups in total. The third kappa shape index (κ3) is 5.85. The van der Waals surface area contributed by atoms with Crippen LogP contribution in [0.1, 0.15) is 5.56 Å². The molecule has 1 aliphatic heterocycles. The normalized spacial score (nSPS) is 18.7. The van der Waals surface area contributed by atoms with Crippen molar-refractivity contribution in [2.24, 2.45) is 0 Å². The topological polar surface area (TPSA) is 65.7 Å². The van der Waals surface area contributed by atoms with Crippen LogP contribution < -0.4 is 29.3 Å². The van der Waals surface area contributed by atoms with Crippen molar-refractivity contribution >= 4 is 11.6 Å². The minimum absolute atomic E-state index is 0.000266. The second-order valence-electron chi connectivity index (χ2n) is 7.32. The Morgan fingerprint density at radius 3 is 2.28 bits per heavy atom. The van der Waals surface area contributed by atoms with E-state index in [4.69, 9.17) is 14.2 Å². The maximum atomic E-state index is 12.5. The van der Waals surface area contributed by atoms with Gasteiger partial charge in [0.1, 0.15) is 50.0 Å². The van der Waals surface area contributed by atoms with Crippen molar-refractivity contribution < 1.29 is 28.8 Å². The summed E-state index contributed by atoms with van der Waals surface area (Å²) in [5.41, 5.74) is 1.95. The van der Waals surface area contributed by atoms with Gasteiger partial charge in [0, 0.05) is 11.6 Å². The van der Waals surface area contributed by atoms with E-state index < -0.39 is 0 Å². The van der Waals surface area contributed by atoms with Crippen LogP contribution in [0.15, 0.2) is 42.5 Å². The fourth-order valence-corrected chi connectivity index (χ4v) is 3.71. The summed E-state index contributed by atoms with van der Waals surface area (Å²) in [7, 11) is 4.88. The number of quaternary nitrogens is 2. The summed E-state index contributed by atoms with van der Waals surface area (Å²) in [6, 6.07) is 13.6. The van der Waals surface area contributed by atoms with Gasteiger partial charge in [0.25, 0.3) is 5.91 Å². The summed E-state index contributed by atoms with van der Waals surface area (Å²) in [4.78, 5) is 15.4. The highest BCUT2D eigenvalue weighted by Crippen LogP contribution is 2.28. The zero-order valence-electron chi connectivity index (χ0n) is 17.4. The van der Waals surface area contributed by atoms with Gasteiger partial charge < -0.3 is 29.3 Å². The fraction of sp³-hybridized carbons (Fsp3) is 0.409. The Kier molecular flexibility index (Phi) is 7.32. The average Bonchev–Trinajstić information content (AvgIpc) is 2.75.